The van der Waals surface area contributed by atoms with Crippen LogP contribution in [0.3, 0.4) is 0 Å². The van der Waals surface area contributed by atoms with Crippen LogP contribution in [-0.2, 0) is 4.79 Å². The highest BCUT2D eigenvalue weighted by Crippen LogP contribution is 2.54. The minimum atomic E-state index is -1.96. The Labute approximate surface area is 160 Å². The molecular formula is C20H15F2N5O. The molecular weight excluding hydrogens is 364 g/mol. The first-order valence-corrected chi connectivity index (χ1v) is 8.44. The fourth-order valence-corrected chi connectivity index (χ4v) is 4.02. The monoisotopic (exact) mass is 379 g/mol. The molecule has 6 nitrogen and oxygen atoms in total. The molecule has 0 saturated heterocycles. The van der Waals surface area contributed by atoms with E-state index in [9.17, 15) is 29.4 Å². The highest BCUT2D eigenvalue weighted by atomic mass is 19.2. The summed E-state index contributed by atoms with van der Waals surface area (Å²) in [5.41, 5.74) is 4.66. The van der Waals surface area contributed by atoms with Crippen molar-refractivity contribution >= 4 is 5.91 Å². The molecule has 1 aliphatic carbocycles. The minimum Gasteiger partial charge on any atom is -0.399 e. The van der Waals surface area contributed by atoms with Crippen LogP contribution in [0.15, 0.2) is 41.1 Å². The number of carbonyl (C=O) groups is 1. The molecule has 3 rings (SSSR count). The topological polar surface area (TPSA) is 118 Å². The highest BCUT2D eigenvalue weighted by Gasteiger charge is 2.54. The Morgan fingerprint density at radius 3 is 2.46 bits per heavy atom. The average Bonchev–Trinajstić information content (AvgIpc) is 2.69. The predicted molar refractivity (Wildman–Crippen MR) is 93.4 cm³/mol. The van der Waals surface area contributed by atoms with Gasteiger partial charge in [0.1, 0.15) is 6.07 Å². The summed E-state index contributed by atoms with van der Waals surface area (Å²) in [4.78, 5) is 13.4. The molecule has 1 aromatic carbocycles. The zero-order valence-electron chi connectivity index (χ0n) is 14.9. The van der Waals surface area contributed by atoms with Gasteiger partial charge in [-0.15, -0.1) is 0 Å². The van der Waals surface area contributed by atoms with Gasteiger partial charge in [-0.25, -0.2) is 8.78 Å². The maximum absolute atomic E-state index is 13.9. The lowest BCUT2D eigenvalue weighted by Crippen LogP contribution is -2.48. The zero-order chi connectivity index (χ0) is 20.6. The first-order valence-electron chi connectivity index (χ1n) is 8.44. The van der Waals surface area contributed by atoms with Crippen molar-refractivity contribution < 1.29 is 13.6 Å². The van der Waals surface area contributed by atoms with Crippen molar-refractivity contribution in [3.63, 3.8) is 0 Å². The van der Waals surface area contributed by atoms with Gasteiger partial charge in [-0.05, 0) is 23.3 Å². The molecule has 0 fully saturated rings. The van der Waals surface area contributed by atoms with Gasteiger partial charge in [-0.1, -0.05) is 12.1 Å². The lowest BCUT2D eigenvalue weighted by Gasteiger charge is -2.45. The third kappa shape index (κ3) is 2.61. The van der Waals surface area contributed by atoms with Gasteiger partial charge in [0.05, 0.1) is 23.4 Å². The summed E-state index contributed by atoms with van der Waals surface area (Å²) in [7, 11) is 0. The average molecular weight is 379 g/mol. The molecule has 0 bridgehead atoms. The number of nitrogens with zero attached hydrogens (tertiary/aromatic N) is 4. The minimum absolute atomic E-state index is 0.0233. The molecule has 2 aliphatic rings. The third-order valence-electron chi connectivity index (χ3n) is 5.41. The van der Waals surface area contributed by atoms with Gasteiger partial charge in [-0.2, -0.15) is 15.8 Å². The largest absolute Gasteiger partial charge is 0.399 e. The van der Waals surface area contributed by atoms with Gasteiger partial charge >= 0.3 is 0 Å². The molecule has 1 aliphatic heterocycles. The quantitative estimate of drug-likeness (QED) is 0.803. The van der Waals surface area contributed by atoms with Crippen molar-refractivity contribution in [2.24, 2.45) is 17.1 Å². The van der Waals surface area contributed by atoms with Crippen molar-refractivity contribution in [3.05, 3.63) is 58.3 Å². The van der Waals surface area contributed by atoms with Crippen molar-refractivity contribution in [2.75, 3.05) is 13.1 Å². The number of halogens is 2. The van der Waals surface area contributed by atoms with Crippen molar-refractivity contribution in [2.45, 2.75) is 12.8 Å². The molecule has 1 heterocycles. The molecule has 1 aromatic rings. The Kier molecular flexibility index (Phi) is 4.63. The maximum atomic E-state index is 13.9. The predicted octanol–water partition coefficient (Wildman–Crippen LogP) is 2.24. The van der Waals surface area contributed by atoms with Gasteiger partial charge in [0.2, 0.25) is 5.91 Å². The van der Waals surface area contributed by atoms with E-state index in [0.29, 0.717) is 5.57 Å². The van der Waals surface area contributed by atoms with Crippen molar-refractivity contribution in [3.8, 4) is 18.2 Å². The lowest BCUT2D eigenvalue weighted by atomic mass is 9.58. The summed E-state index contributed by atoms with van der Waals surface area (Å²) < 4.78 is 27.4. The van der Waals surface area contributed by atoms with E-state index in [1.807, 2.05) is 18.2 Å². The van der Waals surface area contributed by atoms with Crippen LogP contribution in [0.2, 0.25) is 0 Å². The third-order valence-corrected chi connectivity index (χ3v) is 5.41. The van der Waals surface area contributed by atoms with Crippen LogP contribution >= 0.6 is 0 Å². The first kappa shape index (κ1) is 19.1. The molecule has 28 heavy (non-hydrogen) atoms. The van der Waals surface area contributed by atoms with E-state index in [1.165, 1.54) is 17.9 Å². The smallest absolute Gasteiger partial charge is 0.219 e. The van der Waals surface area contributed by atoms with Gasteiger partial charge in [0, 0.05) is 31.8 Å². The Hall–Kier alpha value is -3.70. The Morgan fingerprint density at radius 1 is 1.25 bits per heavy atom. The molecule has 1 unspecified atom stereocenters. The Balaban J connectivity index is 2.33. The van der Waals surface area contributed by atoms with Crippen LogP contribution < -0.4 is 5.73 Å². The fraction of sp³-hybridized carbons (Fsp3) is 0.300. The van der Waals surface area contributed by atoms with E-state index in [0.717, 1.165) is 12.1 Å². The van der Waals surface area contributed by atoms with Crippen molar-refractivity contribution in [1.82, 2.24) is 4.90 Å². The van der Waals surface area contributed by atoms with Gasteiger partial charge in [0.25, 0.3) is 0 Å². The molecule has 8 heteroatoms. The van der Waals surface area contributed by atoms with E-state index in [4.69, 9.17) is 5.73 Å². The Bertz CT molecular complexity index is 1040. The summed E-state index contributed by atoms with van der Waals surface area (Å²) in [6.07, 6.45) is 1.66. The molecule has 2 atom stereocenters. The van der Waals surface area contributed by atoms with E-state index < -0.39 is 28.9 Å². The number of hydrogen-bond acceptors (Lipinski definition) is 5. The van der Waals surface area contributed by atoms with Crippen LogP contribution in [0.1, 0.15) is 18.4 Å². The number of benzene rings is 1. The normalized spacial score (nSPS) is 23.0. The number of amides is 1. The fourth-order valence-electron chi connectivity index (χ4n) is 4.02. The van der Waals surface area contributed by atoms with E-state index >= 15 is 0 Å². The van der Waals surface area contributed by atoms with Crippen LogP contribution in [0.5, 0.6) is 0 Å². The zero-order valence-corrected chi connectivity index (χ0v) is 14.9. The highest BCUT2D eigenvalue weighted by molar-refractivity contribution is 5.74. The number of nitrogens with two attached hydrogens (primary N) is 1. The van der Waals surface area contributed by atoms with Crippen LogP contribution in [-0.4, -0.2) is 23.9 Å². The van der Waals surface area contributed by atoms with Crippen LogP contribution in [0.4, 0.5) is 8.78 Å². The standard InChI is InChI=1S/C20H15F2N5O/c1-11(28)27-5-4-13-14(7-23)19(26)20(9-24,10-25)18(15(13)8-27)12-2-3-16(21)17(22)6-12/h2-4,6,15,18H,5,8,26H2,1H3/t15-,18?/m0/s1. The first-order chi connectivity index (χ1) is 13.3. The summed E-state index contributed by atoms with van der Waals surface area (Å²) in [5, 5.41) is 29.4. The molecule has 2 N–H and O–H groups in total. The number of hydrogen-bond donors (Lipinski definition) is 1. The number of carbonyl (C=O) groups excluding carboxylic acids is 1. The molecule has 140 valence electrons. The summed E-state index contributed by atoms with van der Waals surface area (Å²) in [6, 6.07) is 8.90. The Morgan fingerprint density at radius 2 is 1.93 bits per heavy atom. The molecule has 0 spiro atoms. The lowest BCUT2D eigenvalue weighted by molar-refractivity contribution is -0.129. The molecule has 0 saturated carbocycles. The molecule has 0 aromatic heterocycles. The molecule has 0 radical (unpaired) electrons. The second-order valence-electron chi connectivity index (χ2n) is 6.77. The van der Waals surface area contributed by atoms with Gasteiger partial charge < -0.3 is 10.6 Å². The van der Waals surface area contributed by atoms with E-state index in [1.54, 1.807) is 6.08 Å². The van der Waals surface area contributed by atoms with E-state index in [2.05, 4.69) is 0 Å². The SMILES string of the molecule is CC(=O)N1CC=C2C(C#N)=C(N)C(C#N)(C#N)C(c3ccc(F)c(F)c3)[C@H]2C1. The van der Waals surface area contributed by atoms with Crippen LogP contribution in [0, 0.1) is 57.0 Å². The number of nitriles is 3. The van der Waals surface area contributed by atoms with Crippen LogP contribution in [0.25, 0.3) is 0 Å². The van der Waals surface area contributed by atoms with Gasteiger partial charge in [0.15, 0.2) is 17.0 Å². The maximum Gasteiger partial charge on any atom is 0.219 e. The second kappa shape index (κ2) is 6.79. The number of rotatable bonds is 1. The van der Waals surface area contributed by atoms with E-state index in [-0.39, 0.29) is 35.8 Å². The van der Waals surface area contributed by atoms with Crippen molar-refractivity contribution in [1.29, 1.82) is 15.8 Å². The molecule has 1 amide bonds. The number of fused-ring (bicyclic) bond motifs is 1. The summed E-state index contributed by atoms with van der Waals surface area (Å²) in [5.74, 6) is -4.04. The summed E-state index contributed by atoms with van der Waals surface area (Å²) >= 11 is 0. The van der Waals surface area contributed by atoms with Gasteiger partial charge in [-0.3, -0.25) is 4.79 Å². The number of allylic oxidation sites excluding steroid dienone is 2. The second-order valence-corrected chi connectivity index (χ2v) is 6.77. The summed E-state index contributed by atoms with van der Waals surface area (Å²) in [6.45, 7) is 1.75.